The monoisotopic (exact) mass is 197 g/mol. The molecule has 13 heavy (non-hydrogen) atoms. The maximum atomic E-state index is 5.65. The molecule has 4 heteroatoms. The molecule has 0 bridgehead atoms. The molecule has 0 aliphatic rings. The van der Waals surface area contributed by atoms with Crippen LogP contribution in [0.2, 0.25) is 0 Å². The van der Waals surface area contributed by atoms with E-state index in [9.17, 15) is 0 Å². The summed E-state index contributed by atoms with van der Waals surface area (Å²) in [4.78, 5) is 0. The van der Waals surface area contributed by atoms with Crippen LogP contribution >= 0.6 is 0 Å². The molecular weight excluding hydrogens is 182 g/mol. The van der Waals surface area contributed by atoms with Crippen molar-refractivity contribution in [2.75, 3.05) is 20.0 Å². The zero-order valence-corrected chi connectivity index (χ0v) is 9.14. The van der Waals surface area contributed by atoms with Gasteiger partial charge >= 0.3 is 9.28 Å². The fourth-order valence-electron chi connectivity index (χ4n) is 1.18. The number of benzene rings is 1. The molecule has 2 N–H and O–H groups in total. The molecule has 0 unspecified atom stereocenters. The highest BCUT2D eigenvalue weighted by Crippen LogP contribution is 2.08. The maximum absolute atomic E-state index is 5.65. The standard InChI is InChI=1S/C9H15NO2Si/c1-11-13(12-2)7-8-4-3-5-9(10)6-8/h3-6,13H,7,10H2,1-2H3. The minimum absolute atomic E-state index is 0.789. The summed E-state index contributed by atoms with van der Waals surface area (Å²) in [6, 6.07) is 8.67. The van der Waals surface area contributed by atoms with Gasteiger partial charge in [0, 0.05) is 26.0 Å². The second-order valence-electron chi connectivity index (χ2n) is 2.85. The number of anilines is 1. The second-order valence-corrected chi connectivity index (χ2v) is 5.06. The van der Waals surface area contributed by atoms with Gasteiger partial charge in [0.15, 0.2) is 0 Å². The predicted molar refractivity (Wildman–Crippen MR) is 55.7 cm³/mol. The number of hydrogen-bond donors (Lipinski definition) is 1. The molecule has 1 rings (SSSR count). The molecule has 0 saturated heterocycles. The van der Waals surface area contributed by atoms with E-state index in [4.69, 9.17) is 14.6 Å². The third-order valence-corrected chi connectivity index (χ3v) is 3.74. The topological polar surface area (TPSA) is 44.5 Å². The molecule has 0 atom stereocenters. The van der Waals surface area contributed by atoms with Crippen LogP contribution in [0.5, 0.6) is 0 Å². The first-order chi connectivity index (χ1) is 6.26. The highest BCUT2D eigenvalue weighted by atomic mass is 28.3. The molecule has 0 saturated carbocycles. The molecule has 0 aromatic heterocycles. The number of rotatable bonds is 4. The molecule has 3 nitrogen and oxygen atoms in total. The highest BCUT2D eigenvalue weighted by Gasteiger charge is 2.09. The second kappa shape index (κ2) is 5.01. The summed E-state index contributed by atoms with van der Waals surface area (Å²) in [5.74, 6) is 0. The van der Waals surface area contributed by atoms with E-state index in [1.807, 2.05) is 24.3 Å². The summed E-state index contributed by atoms with van der Waals surface area (Å²) in [6.45, 7) is 0. The summed E-state index contributed by atoms with van der Waals surface area (Å²) < 4.78 is 10.4. The average molecular weight is 197 g/mol. The molecule has 0 aliphatic carbocycles. The van der Waals surface area contributed by atoms with Gasteiger partial charge in [-0.2, -0.15) is 0 Å². The van der Waals surface area contributed by atoms with Crippen molar-refractivity contribution in [1.29, 1.82) is 0 Å². The SMILES string of the molecule is CO[SiH](Cc1cccc(N)c1)OC. The Balaban J connectivity index is 2.62. The predicted octanol–water partition coefficient (Wildman–Crippen LogP) is 0.864. The number of hydrogen-bond acceptors (Lipinski definition) is 3. The van der Waals surface area contributed by atoms with Gasteiger partial charge in [0.05, 0.1) is 0 Å². The van der Waals surface area contributed by atoms with Crippen LogP contribution in [0.1, 0.15) is 5.56 Å². The van der Waals surface area contributed by atoms with Gasteiger partial charge in [-0.25, -0.2) is 0 Å². The summed E-state index contributed by atoms with van der Waals surface area (Å²) >= 11 is 0. The Kier molecular flexibility index (Phi) is 3.95. The van der Waals surface area contributed by atoms with E-state index in [-0.39, 0.29) is 0 Å². The Morgan fingerprint density at radius 2 is 2.00 bits per heavy atom. The van der Waals surface area contributed by atoms with Gasteiger partial charge in [0.2, 0.25) is 0 Å². The van der Waals surface area contributed by atoms with Gasteiger partial charge in [-0.05, 0) is 17.7 Å². The van der Waals surface area contributed by atoms with E-state index in [2.05, 4.69) is 0 Å². The van der Waals surface area contributed by atoms with Crippen LogP contribution in [0.25, 0.3) is 0 Å². The molecule has 0 amide bonds. The average Bonchev–Trinajstić information content (AvgIpc) is 2.14. The van der Waals surface area contributed by atoms with E-state index < -0.39 is 9.28 Å². The van der Waals surface area contributed by atoms with Crippen LogP contribution in [0, 0.1) is 0 Å². The first kappa shape index (κ1) is 10.2. The van der Waals surface area contributed by atoms with Gasteiger partial charge in [0.25, 0.3) is 0 Å². The molecule has 1 aromatic carbocycles. The molecule has 0 spiro atoms. The fourth-order valence-corrected chi connectivity index (χ4v) is 2.34. The van der Waals surface area contributed by atoms with E-state index >= 15 is 0 Å². The van der Waals surface area contributed by atoms with Crippen molar-refractivity contribution in [2.45, 2.75) is 6.04 Å². The Hall–Kier alpha value is -0.843. The number of nitrogens with two attached hydrogens (primary N) is 1. The molecule has 0 fully saturated rings. The lowest BCUT2D eigenvalue weighted by Gasteiger charge is -2.10. The summed E-state index contributed by atoms with van der Waals surface area (Å²) in [6.07, 6.45) is 0. The first-order valence-electron chi connectivity index (χ1n) is 4.16. The van der Waals surface area contributed by atoms with Crippen LogP contribution in [-0.2, 0) is 14.9 Å². The minimum Gasteiger partial charge on any atom is -0.400 e. The van der Waals surface area contributed by atoms with Crippen molar-refractivity contribution >= 4 is 15.0 Å². The summed E-state index contributed by atoms with van der Waals surface area (Å²) in [5.41, 5.74) is 7.62. The minimum atomic E-state index is -1.49. The van der Waals surface area contributed by atoms with Crippen LogP contribution in [0.3, 0.4) is 0 Å². The zero-order valence-electron chi connectivity index (χ0n) is 7.99. The summed E-state index contributed by atoms with van der Waals surface area (Å²) in [5, 5.41) is 0. The fraction of sp³-hybridized carbons (Fsp3) is 0.333. The Bertz CT molecular complexity index is 264. The third kappa shape index (κ3) is 3.18. The maximum Gasteiger partial charge on any atom is 0.325 e. The normalized spacial score (nSPS) is 10.7. The largest absolute Gasteiger partial charge is 0.400 e. The highest BCUT2D eigenvalue weighted by molar-refractivity contribution is 6.43. The Morgan fingerprint density at radius 3 is 2.54 bits per heavy atom. The van der Waals surface area contributed by atoms with Crippen molar-refractivity contribution in [3.05, 3.63) is 29.8 Å². The van der Waals surface area contributed by atoms with Crippen molar-refractivity contribution < 1.29 is 8.85 Å². The van der Waals surface area contributed by atoms with E-state index in [1.165, 1.54) is 5.56 Å². The third-order valence-electron chi connectivity index (χ3n) is 1.88. The zero-order chi connectivity index (χ0) is 9.68. The molecule has 72 valence electrons. The lowest BCUT2D eigenvalue weighted by molar-refractivity contribution is 0.277. The van der Waals surface area contributed by atoms with Crippen LogP contribution in [-0.4, -0.2) is 23.5 Å². The Morgan fingerprint density at radius 1 is 1.31 bits per heavy atom. The van der Waals surface area contributed by atoms with Gasteiger partial charge in [0.1, 0.15) is 0 Å². The summed E-state index contributed by atoms with van der Waals surface area (Å²) in [7, 11) is 1.88. The van der Waals surface area contributed by atoms with E-state index in [0.29, 0.717) is 0 Å². The first-order valence-corrected chi connectivity index (χ1v) is 5.92. The van der Waals surface area contributed by atoms with Crippen LogP contribution < -0.4 is 5.73 Å². The molecule has 1 aromatic rings. The smallest absolute Gasteiger partial charge is 0.325 e. The quantitative estimate of drug-likeness (QED) is 0.575. The Labute approximate surface area is 80.3 Å². The van der Waals surface area contributed by atoms with Gasteiger partial charge in [-0.3, -0.25) is 0 Å². The van der Waals surface area contributed by atoms with Crippen LogP contribution in [0.15, 0.2) is 24.3 Å². The van der Waals surface area contributed by atoms with Gasteiger partial charge in [-0.15, -0.1) is 0 Å². The van der Waals surface area contributed by atoms with Crippen molar-refractivity contribution in [3.8, 4) is 0 Å². The molecule has 0 aliphatic heterocycles. The van der Waals surface area contributed by atoms with Gasteiger partial charge < -0.3 is 14.6 Å². The van der Waals surface area contributed by atoms with Crippen LogP contribution in [0.4, 0.5) is 5.69 Å². The van der Waals surface area contributed by atoms with Gasteiger partial charge in [-0.1, -0.05) is 12.1 Å². The number of nitrogen functional groups attached to an aromatic ring is 1. The lowest BCUT2D eigenvalue weighted by atomic mass is 10.2. The molecule has 0 radical (unpaired) electrons. The van der Waals surface area contributed by atoms with Crippen molar-refractivity contribution in [2.24, 2.45) is 0 Å². The van der Waals surface area contributed by atoms with E-state index in [1.54, 1.807) is 14.2 Å². The van der Waals surface area contributed by atoms with E-state index in [0.717, 1.165) is 11.7 Å². The van der Waals surface area contributed by atoms with Crippen molar-refractivity contribution in [1.82, 2.24) is 0 Å². The molecular formula is C9H15NO2Si. The van der Waals surface area contributed by atoms with Crippen molar-refractivity contribution in [3.63, 3.8) is 0 Å². The molecule has 0 heterocycles. The lowest BCUT2D eigenvalue weighted by Crippen LogP contribution is -2.22.